The first-order chi connectivity index (χ1) is 16.4. The molecule has 2 amide bonds. The van der Waals surface area contributed by atoms with Crippen molar-refractivity contribution in [2.24, 2.45) is 5.92 Å². The first-order valence-corrected chi connectivity index (χ1v) is 12.0. The molecule has 2 N–H and O–H groups in total. The van der Waals surface area contributed by atoms with Gasteiger partial charge in [-0.25, -0.2) is 9.59 Å². The van der Waals surface area contributed by atoms with Crippen LogP contribution in [0, 0.1) is 5.92 Å². The van der Waals surface area contributed by atoms with Crippen molar-refractivity contribution >= 4 is 18.0 Å². The van der Waals surface area contributed by atoms with Gasteiger partial charge in [0.2, 0.25) is 5.91 Å². The van der Waals surface area contributed by atoms with E-state index in [9.17, 15) is 19.5 Å². The summed E-state index contributed by atoms with van der Waals surface area (Å²) in [7, 11) is 1.55. The fraction of sp³-hybridized carbons (Fsp3) is 0.444. The molecule has 180 valence electrons. The molecule has 0 radical (unpaired) electrons. The predicted octanol–water partition coefficient (Wildman–Crippen LogP) is 4.41. The Bertz CT molecular complexity index is 1020. The number of nitrogens with one attached hydrogen (secondary N) is 1. The smallest absolute Gasteiger partial charge is 0.407 e. The summed E-state index contributed by atoms with van der Waals surface area (Å²) in [6.45, 7) is 2.03. The highest BCUT2D eigenvalue weighted by Gasteiger charge is 2.32. The zero-order valence-corrected chi connectivity index (χ0v) is 19.7. The average Bonchev–Trinajstić information content (AvgIpc) is 3.39. The van der Waals surface area contributed by atoms with Crippen molar-refractivity contribution in [3.8, 4) is 11.1 Å². The molecule has 0 bridgehead atoms. The fourth-order valence-corrected chi connectivity index (χ4v) is 5.38. The molecule has 7 heteroatoms. The molecule has 1 saturated carbocycles. The Hall–Kier alpha value is -3.35. The molecule has 1 unspecified atom stereocenters. The summed E-state index contributed by atoms with van der Waals surface area (Å²) in [6, 6.07) is 15.6. The van der Waals surface area contributed by atoms with E-state index in [0.717, 1.165) is 12.8 Å². The molecule has 2 aliphatic carbocycles. The van der Waals surface area contributed by atoms with Crippen molar-refractivity contribution in [1.29, 1.82) is 0 Å². The summed E-state index contributed by atoms with van der Waals surface area (Å²) in [5.41, 5.74) is 4.72. The van der Waals surface area contributed by atoms with Gasteiger partial charge in [0.15, 0.2) is 0 Å². The van der Waals surface area contributed by atoms with Gasteiger partial charge in [0.25, 0.3) is 0 Å². The number of hydrogen-bond donors (Lipinski definition) is 2. The molecule has 3 atom stereocenters. The highest BCUT2D eigenvalue weighted by Crippen LogP contribution is 2.44. The van der Waals surface area contributed by atoms with Crippen LogP contribution >= 0.6 is 0 Å². The van der Waals surface area contributed by atoms with E-state index in [0.29, 0.717) is 19.3 Å². The van der Waals surface area contributed by atoms with Gasteiger partial charge >= 0.3 is 12.1 Å². The lowest BCUT2D eigenvalue weighted by molar-refractivity contribution is -0.149. The van der Waals surface area contributed by atoms with Crippen LogP contribution in [-0.4, -0.2) is 53.7 Å². The zero-order chi connectivity index (χ0) is 24.2. The standard InChI is InChI=1S/C27H32N2O5/c1-3-24(26(31)32)29(2)25(30)15-17-12-13-18(14-17)28-27(33)34-16-23-21-10-6-4-8-19(21)20-9-5-7-11-22(20)23/h4-11,17-18,23-24H,3,12-16H2,1-2H3,(H,28,33)(H,31,32)/t17-,18+,24?/m1/s1. The SMILES string of the molecule is CCC(C(=O)O)N(C)C(=O)C[C@@H]1CC[C@H](NC(=O)OCC2c3ccccc3-c3ccccc32)C1. The van der Waals surface area contributed by atoms with E-state index in [2.05, 4.69) is 29.6 Å². The van der Waals surface area contributed by atoms with E-state index >= 15 is 0 Å². The maximum absolute atomic E-state index is 12.5. The molecular weight excluding hydrogens is 432 g/mol. The Morgan fingerprint density at radius 3 is 2.26 bits per heavy atom. The third kappa shape index (κ3) is 4.93. The number of ether oxygens (including phenoxy) is 1. The van der Waals surface area contributed by atoms with Crippen molar-refractivity contribution in [1.82, 2.24) is 10.2 Å². The normalized spacial score (nSPS) is 19.7. The summed E-state index contributed by atoms with van der Waals surface area (Å²) in [4.78, 5) is 37.7. The molecule has 1 fully saturated rings. The number of likely N-dealkylation sites (N-methyl/N-ethyl adjacent to an activating group) is 1. The second kappa shape index (κ2) is 10.3. The number of nitrogens with zero attached hydrogens (tertiary/aromatic N) is 1. The molecule has 0 spiro atoms. The number of carbonyl (C=O) groups excluding carboxylic acids is 2. The zero-order valence-electron chi connectivity index (χ0n) is 19.7. The molecule has 2 aliphatic rings. The van der Waals surface area contributed by atoms with Crippen LogP contribution in [0.4, 0.5) is 4.79 Å². The number of rotatable bonds is 8. The Morgan fingerprint density at radius 2 is 1.68 bits per heavy atom. The number of carboxylic acids is 1. The number of aliphatic carboxylic acids is 1. The van der Waals surface area contributed by atoms with Crippen LogP contribution in [0.15, 0.2) is 48.5 Å². The molecule has 4 rings (SSSR count). The second-order valence-corrected chi connectivity index (χ2v) is 9.32. The molecular formula is C27H32N2O5. The molecule has 2 aromatic carbocycles. The number of amides is 2. The summed E-state index contributed by atoms with van der Waals surface area (Å²) in [5.74, 6) is -1.01. The van der Waals surface area contributed by atoms with E-state index in [1.807, 2.05) is 24.3 Å². The van der Waals surface area contributed by atoms with Crippen LogP contribution in [0.3, 0.4) is 0 Å². The lowest BCUT2D eigenvalue weighted by Crippen LogP contribution is -2.42. The first kappa shape index (κ1) is 23.8. The molecule has 7 nitrogen and oxygen atoms in total. The highest BCUT2D eigenvalue weighted by molar-refractivity contribution is 5.83. The van der Waals surface area contributed by atoms with Crippen LogP contribution < -0.4 is 5.32 Å². The van der Waals surface area contributed by atoms with E-state index in [1.54, 1.807) is 14.0 Å². The molecule has 0 aromatic heterocycles. The van der Waals surface area contributed by atoms with Gasteiger partial charge in [-0.1, -0.05) is 55.5 Å². The number of fused-ring (bicyclic) bond motifs is 3. The van der Waals surface area contributed by atoms with Crippen molar-refractivity contribution in [2.45, 2.75) is 57.0 Å². The molecule has 0 saturated heterocycles. The fourth-order valence-electron chi connectivity index (χ4n) is 5.38. The van der Waals surface area contributed by atoms with E-state index in [-0.39, 0.29) is 30.4 Å². The predicted molar refractivity (Wildman–Crippen MR) is 128 cm³/mol. The average molecular weight is 465 g/mol. The van der Waals surface area contributed by atoms with Crippen LogP contribution in [0.1, 0.15) is 56.1 Å². The Morgan fingerprint density at radius 1 is 1.06 bits per heavy atom. The van der Waals surface area contributed by atoms with E-state index < -0.39 is 18.1 Å². The monoisotopic (exact) mass is 464 g/mol. The second-order valence-electron chi connectivity index (χ2n) is 9.32. The highest BCUT2D eigenvalue weighted by atomic mass is 16.5. The van der Waals surface area contributed by atoms with Crippen LogP contribution in [-0.2, 0) is 14.3 Å². The van der Waals surface area contributed by atoms with Crippen molar-refractivity contribution in [3.63, 3.8) is 0 Å². The maximum atomic E-state index is 12.5. The van der Waals surface area contributed by atoms with Gasteiger partial charge in [0.1, 0.15) is 12.6 Å². The third-order valence-corrected chi connectivity index (χ3v) is 7.20. The van der Waals surface area contributed by atoms with Crippen LogP contribution in [0.2, 0.25) is 0 Å². The Labute approximate surface area is 200 Å². The molecule has 0 heterocycles. The third-order valence-electron chi connectivity index (χ3n) is 7.20. The minimum Gasteiger partial charge on any atom is -0.480 e. The van der Waals surface area contributed by atoms with Crippen molar-refractivity contribution in [3.05, 3.63) is 59.7 Å². The van der Waals surface area contributed by atoms with Gasteiger partial charge in [-0.15, -0.1) is 0 Å². The molecule has 0 aliphatic heterocycles. The van der Waals surface area contributed by atoms with E-state index in [1.165, 1.54) is 27.2 Å². The Kier molecular flexibility index (Phi) is 7.20. The summed E-state index contributed by atoms with van der Waals surface area (Å²) in [6.07, 6.45) is 2.51. The van der Waals surface area contributed by atoms with Gasteiger partial charge in [-0.2, -0.15) is 0 Å². The summed E-state index contributed by atoms with van der Waals surface area (Å²) < 4.78 is 5.64. The number of carbonyl (C=O) groups is 3. The molecule has 34 heavy (non-hydrogen) atoms. The van der Waals surface area contributed by atoms with Gasteiger partial charge in [-0.3, -0.25) is 4.79 Å². The lowest BCUT2D eigenvalue weighted by Gasteiger charge is -2.25. The summed E-state index contributed by atoms with van der Waals surface area (Å²) >= 11 is 0. The van der Waals surface area contributed by atoms with Gasteiger partial charge in [-0.05, 0) is 53.9 Å². The summed E-state index contributed by atoms with van der Waals surface area (Å²) in [5, 5.41) is 12.2. The number of carboxylic acid groups (broad SMARTS) is 1. The van der Waals surface area contributed by atoms with Crippen molar-refractivity contribution < 1.29 is 24.2 Å². The van der Waals surface area contributed by atoms with Gasteiger partial charge < -0.3 is 20.1 Å². The minimum absolute atomic E-state index is 0.0170. The largest absolute Gasteiger partial charge is 0.480 e. The quantitative estimate of drug-likeness (QED) is 0.604. The number of benzene rings is 2. The van der Waals surface area contributed by atoms with Crippen molar-refractivity contribution in [2.75, 3.05) is 13.7 Å². The first-order valence-electron chi connectivity index (χ1n) is 12.0. The van der Waals surface area contributed by atoms with Crippen LogP contribution in [0.25, 0.3) is 11.1 Å². The van der Waals surface area contributed by atoms with Gasteiger partial charge in [0, 0.05) is 25.4 Å². The van der Waals surface area contributed by atoms with E-state index in [4.69, 9.17) is 4.74 Å². The number of hydrogen-bond acceptors (Lipinski definition) is 4. The van der Waals surface area contributed by atoms with Crippen LogP contribution in [0.5, 0.6) is 0 Å². The maximum Gasteiger partial charge on any atom is 0.407 e. The lowest BCUT2D eigenvalue weighted by atomic mass is 9.98. The number of alkyl carbamates (subject to hydrolysis) is 1. The topological polar surface area (TPSA) is 95.9 Å². The Balaban J connectivity index is 1.27. The van der Waals surface area contributed by atoms with Gasteiger partial charge in [0.05, 0.1) is 0 Å². The minimum atomic E-state index is -0.987. The molecule has 2 aromatic rings.